The van der Waals surface area contributed by atoms with E-state index in [0.29, 0.717) is 23.1 Å². The standard InChI is InChI=1S/C28H23BrClN3O4S/c29-23-10-14-25(15-11-23)33(38(35,36)27-4-2-1-3-5-27)19-28(34)32-31-18-21-8-16-26(17-9-21)37-20-22-6-12-24(30)13-7-22/h1-18H,19-20H2,(H,32,34)/b31-18-. The maximum atomic E-state index is 13.3. The molecule has 4 aromatic rings. The fraction of sp³-hybridized carbons (Fsp3) is 0.0714. The van der Waals surface area contributed by atoms with Gasteiger partial charge in [-0.3, -0.25) is 9.10 Å². The molecule has 4 aromatic carbocycles. The van der Waals surface area contributed by atoms with Gasteiger partial charge in [-0.25, -0.2) is 13.8 Å². The van der Waals surface area contributed by atoms with Crippen molar-refractivity contribution in [3.05, 3.63) is 124 Å². The van der Waals surface area contributed by atoms with Gasteiger partial charge in [-0.15, -0.1) is 0 Å². The Morgan fingerprint density at radius 2 is 1.58 bits per heavy atom. The third-order valence-corrected chi connectivity index (χ3v) is 7.90. The third-order valence-electron chi connectivity index (χ3n) is 5.33. The van der Waals surface area contributed by atoms with Gasteiger partial charge in [0.15, 0.2) is 0 Å². The van der Waals surface area contributed by atoms with Crippen molar-refractivity contribution in [1.29, 1.82) is 0 Å². The van der Waals surface area contributed by atoms with Crippen molar-refractivity contribution in [1.82, 2.24) is 5.43 Å². The Balaban J connectivity index is 1.38. The number of nitrogens with one attached hydrogen (secondary N) is 1. The Labute approximate surface area is 234 Å². The summed E-state index contributed by atoms with van der Waals surface area (Å²) in [7, 11) is -3.99. The smallest absolute Gasteiger partial charge is 0.264 e. The molecule has 0 aliphatic carbocycles. The van der Waals surface area contributed by atoms with Crippen molar-refractivity contribution in [3.8, 4) is 5.75 Å². The molecule has 0 atom stereocenters. The van der Waals surface area contributed by atoms with E-state index in [1.54, 1.807) is 66.7 Å². The molecule has 1 N–H and O–H groups in total. The van der Waals surface area contributed by atoms with Gasteiger partial charge in [-0.05, 0) is 83.9 Å². The van der Waals surface area contributed by atoms with E-state index >= 15 is 0 Å². The summed E-state index contributed by atoms with van der Waals surface area (Å²) in [6.07, 6.45) is 1.47. The molecule has 38 heavy (non-hydrogen) atoms. The van der Waals surface area contributed by atoms with Gasteiger partial charge in [0.2, 0.25) is 0 Å². The Kier molecular flexibility index (Phi) is 9.17. The molecule has 0 heterocycles. The number of anilines is 1. The van der Waals surface area contributed by atoms with Crippen LogP contribution < -0.4 is 14.5 Å². The Bertz CT molecular complexity index is 1500. The number of nitrogens with zero attached hydrogens (tertiary/aromatic N) is 2. The summed E-state index contributed by atoms with van der Waals surface area (Å²) in [4.78, 5) is 12.8. The van der Waals surface area contributed by atoms with E-state index in [1.807, 2.05) is 24.3 Å². The summed E-state index contributed by atoms with van der Waals surface area (Å²) in [5, 5.41) is 4.65. The minimum absolute atomic E-state index is 0.0811. The quantitative estimate of drug-likeness (QED) is 0.175. The fourth-order valence-corrected chi connectivity index (χ4v) is 5.22. The van der Waals surface area contributed by atoms with Crippen LogP contribution in [-0.4, -0.2) is 27.1 Å². The van der Waals surface area contributed by atoms with Crippen molar-refractivity contribution >= 4 is 55.4 Å². The second kappa shape index (κ2) is 12.7. The molecule has 4 rings (SSSR count). The van der Waals surface area contributed by atoms with Crippen LogP contribution in [0.25, 0.3) is 0 Å². The Hall–Kier alpha value is -3.66. The second-order valence-corrected chi connectivity index (χ2v) is 11.3. The highest BCUT2D eigenvalue weighted by molar-refractivity contribution is 9.10. The Morgan fingerprint density at radius 1 is 0.921 bits per heavy atom. The largest absolute Gasteiger partial charge is 0.489 e. The van der Waals surface area contributed by atoms with Crippen LogP contribution in [0.1, 0.15) is 11.1 Å². The van der Waals surface area contributed by atoms with Crippen molar-refractivity contribution in [3.63, 3.8) is 0 Å². The van der Waals surface area contributed by atoms with Gasteiger partial charge >= 0.3 is 0 Å². The maximum absolute atomic E-state index is 13.3. The van der Waals surface area contributed by atoms with Crippen LogP contribution in [0.2, 0.25) is 5.02 Å². The molecule has 1 amide bonds. The van der Waals surface area contributed by atoms with E-state index in [9.17, 15) is 13.2 Å². The normalized spacial score (nSPS) is 11.3. The average Bonchev–Trinajstić information content (AvgIpc) is 2.93. The number of carbonyl (C=O) groups is 1. The first-order valence-electron chi connectivity index (χ1n) is 11.4. The lowest BCUT2D eigenvalue weighted by molar-refractivity contribution is -0.119. The number of rotatable bonds is 10. The number of amides is 1. The lowest BCUT2D eigenvalue weighted by Gasteiger charge is -2.23. The van der Waals surface area contributed by atoms with Gasteiger partial charge in [0.25, 0.3) is 15.9 Å². The van der Waals surface area contributed by atoms with Crippen LogP contribution in [0.3, 0.4) is 0 Å². The monoisotopic (exact) mass is 611 g/mol. The molecule has 0 aromatic heterocycles. The van der Waals surface area contributed by atoms with E-state index in [-0.39, 0.29) is 4.90 Å². The molecule has 7 nitrogen and oxygen atoms in total. The summed E-state index contributed by atoms with van der Waals surface area (Å²) in [6, 6.07) is 29.2. The highest BCUT2D eigenvalue weighted by atomic mass is 79.9. The third kappa shape index (κ3) is 7.44. The zero-order valence-electron chi connectivity index (χ0n) is 20.0. The number of benzene rings is 4. The first-order valence-corrected chi connectivity index (χ1v) is 14.0. The number of hydrogen-bond donors (Lipinski definition) is 1. The zero-order valence-corrected chi connectivity index (χ0v) is 23.2. The number of carbonyl (C=O) groups excluding carboxylic acids is 1. The van der Waals surface area contributed by atoms with E-state index < -0.39 is 22.5 Å². The molecule has 10 heteroatoms. The van der Waals surface area contributed by atoms with E-state index in [4.69, 9.17) is 16.3 Å². The average molecular weight is 613 g/mol. The van der Waals surface area contributed by atoms with Crippen molar-refractivity contribution in [2.24, 2.45) is 5.10 Å². The molecule has 0 aliphatic heterocycles. The molecule has 0 aliphatic rings. The number of halogens is 2. The fourth-order valence-electron chi connectivity index (χ4n) is 3.38. The molecule has 0 saturated heterocycles. The van der Waals surface area contributed by atoms with Crippen LogP contribution in [0.4, 0.5) is 5.69 Å². The molecule has 0 bridgehead atoms. The predicted molar refractivity (Wildman–Crippen MR) is 153 cm³/mol. The maximum Gasteiger partial charge on any atom is 0.264 e. The van der Waals surface area contributed by atoms with Gasteiger partial charge < -0.3 is 4.74 Å². The van der Waals surface area contributed by atoms with Gasteiger partial charge in [0.1, 0.15) is 18.9 Å². The first-order chi connectivity index (χ1) is 18.3. The lowest BCUT2D eigenvalue weighted by atomic mass is 10.2. The summed E-state index contributed by atoms with van der Waals surface area (Å²) >= 11 is 9.25. The predicted octanol–water partition coefficient (Wildman–Crippen LogP) is 6.03. The van der Waals surface area contributed by atoms with Crippen molar-refractivity contribution in [2.45, 2.75) is 11.5 Å². The Morgan fingerprint density at radius 3 is 2.24 bits per heavy atom. The lowest BCUT2D eigenvalue weighted by Crippen LogP contribution is -2.39. The van der Waals surface area contributed by atoms with Crippen LogP contribution in [-0.2, 0) is 21.4 Å². The second-order valence-electron chi connectivity index (χ2n) is 8.08. The number of ether oxygens (including phenoxy) is 1. The van der Waals surface area contributed by atoms with Crippen LogP contribution >= 0.6 is 27.5 Å². The van der Waals surface area contributed by atoms with E-state index in [2.05, 4.69) is 26.5 Å². The van der Waals surface area contributed by atoms with E-state index in [0.717, 1.165) is 19.9 Å². The van der Waals surface area contributed by atoms with E-state index in [1.165, 1.54) is 18.3 Å². The molecular weight excluding hydrogens is 590 g/mol. The molecular formula is C28H23BrClN3O4S. The SMILES string of the molecule is O=C(CN(c1ccc(Br)cc1)S(=O)(=O)c1ccccc1)N/N=C\c1ccc(OCc2ccc(Cl)cc2)cc1. The van der Waals surface area contributed by atoms with Gasteiger partial charge in [0, 0.05) is 9.50 Å². The molecule has 0 spiro atoms. The highest BCUT2D eigenvalue weighted by Gasteiger charge is 2.27. The number of hydrogen-bond acceptors (Lipinski definition) is 5. The number of sulfonamides is 1. The zero-order chi connectivity index (χ0) is 27.0. The number of hydrazone groups is 1. The van der Waals surface area contributed by atoms with Gasteiger partial charge in [-0.1, -0.05) is 57.9 Å². The van der Waals surface area contributed by atoms with Crippen LogP contribution in [0.5, 0.6) is 5.75 Å². The summed E-state index contributed by atoms with van der Waals surface area (Å²) in [5.41, 5.74) is 4.48. The minimum Gasteiger partial charge on any atom is -0.489 e. The minimum atomic E-state index is -3.99. The topological polar surface area (TPSA) is 88.1 Å². The summed E-state index contributed by atoms with van der Waals surface area (Å²) in [5.74, 6) is 0.0870. The van der Waals surface area contributed by atoms with Gasteiger partial charge in [-0.2, -0.15) is 5.10 Å². The highest BCUT2D eigenvalue weighted by Crippen LogP contribution is 2.25. The van der Waals surface area contributed by atoms with Crippen molar-refractivity contribution in [2.75, 3.05) is 10.8 Å². The summed E-state index contributed by atoms with van der Waals surface area (Å²) < 4.78 is 34.2. The molecule has 0 saturated carbocycles. The first kappa shape index (κ1) is 27.4. The molecule has 0 radical (unpaired) electrons. The van der Waals surface area contributed by atoms with Crippen LogP contribution in [0, 0.1) is 0 Å². The molecule has 0 unspecified atom stereocenters. The van der Waals surface area contributed by atoms with Crippen molar-refractivity contribution < 1.29 is 17.9 Å². The molecule has 194 valence electrons. The summed E-state index contributed by atoms with van der Waals surface area (Å²) in [6.45, 7) is -0.0465. The molecule has 0 fully saturated rings. The van der Waals surface area contributed by atoms with Gasteiger partial charge in [0.05, 0.1) is 16.8 Å². The van der Waals surface area contributed by atoms with Crippen LogP contribution in [0.15, 0.2) is 118 Å².